The van der Waals surface area contributed by atoms with Crippen molar-refractivity contribution in [3.63, 3.8) is 0 Å². The van der Waals surface area contributed by atoms with Crippen LogP contribution in [0.2, 0.25) is 5.02 Å². The molecule has 0 unspecified atom stereocenters. The number of ether oxygens (including phenoxy) is 1. The molecule has 0 aliphatic carbocycles. The van der Waals surface area contributed by atoms with E-state index in [0.29, 0.717) is 18.1 Å². The predicted octanol–water partition coefficient (Wildman–Crippen LogP) is 6.63. The molecule has 3 aromatic carbocycles. The fraction of sp³-hybridized carbons (Fsp3) is 0.0769. The molecule has 0 saturated carbocycles. The molecule has 0 radical (unpaired) electrons. The topological polar surface area (TPSA) is 74.9 Å². The van der Waals surface area contributed by atoms with Crippen LogP contribution in [0, 0.1) is 0 Å². The van der Waals surface area contributed by atoms with E-state index in [-0.39, 0.29) is 0 Å². The fourth-order valence-corrected chi connectivity index (χ4v) is 3.52. The monoisotopic (exact) mass is 455 g/mol. The van der Waals surface area contributed by atoms with Gasteiger partial charge in [0.2, 0.25) is 5.95 Å². The summed E-state index contributed by atoms with van der Waals surface area (Å²) in [7, 11) is 0. The first-order valence-corrected chi connectivity index (χ1v) is 11.0. The van der Waals surface area contributed by atoms with Gasteiger partial charge < -0.3 is 20.4 Å². The van der Waals surface area contributed by atoms with Crippen molar-refractivity contribution in [1.82, 2.24) is 15.0 Å². The van der Waals surface area contributed by atoms with Crippen LogP contribution in [0.15, 0.2) is 91.1 Å². The van der Waals surface area contributed by atoms with Crippen LogP contribution in [0.3, 0.4) is 0 Å². The predicted molar refractivity (Wildman–Crippen MR) is 133 cm³/mol. The van der Waals surface area contributed by atoms with Gasteiger partial charge in [0, 0.05) is 23.5 Å². The van der Waals surface area contributed by atoms with E-state index in [0.717, 1.165) is 45.4 Å². The van der Waals surface area contributed by atoms with Crippen molar-refractivity contribution in [3.05, 3.63) is 107 Å². The van der Waals surface area contributed by atoms with Crippen LogP contribution in [0.4, 0.5) is 11.6 Å². The van der Waals surface area contributed by atoms with Gasteiger partial charge in [0.15, 0.2) is 0 Å². The summed E-state index contributed by atoms with van der Waals surface area (Å²) in [6.07, 6.45) is 1.80. The van der Waals surface area contributed by atoms with Crippen molar-refractivity contribution in [1.29, 1.82) is 0 Å². The van der Waals surface area contributed by atoms with Gasteiger partial charge in [-0.05, 0) is 72.3 Å². The number of pyridine rings is 1. The van der Waals surface area contributed by atoms with Crippen molar-refractivity contribution in [2.45, 2.75) is 13.1 Å². The Morgan fingerprint density at radius 1 is 0.818 bits per heavy atom. The zero-order chi connectivity index (χ0) is 22.5. The molecule has 0 atom stereocenters. The van der Waals surface area contributed by atoms with Crippen LogP contribution in [-0.4, -0.2) is 15.0 Å². The Labute approximate surface area is 196 Å². The first-order valence-electron chi connectivity index (χ1n) is 10.6. The Hall–Kier alpha value is -4.03. The minimum Gasteiger partial charge on any atom is -0.457 e. The van der Waals surface area contributed by atoms with Gasteiger partial charge in [-0.3, -0.25) is 4.98 Å². The van der Waals surface area contributed by atoms with Gasteiger partial charge in [0.05, 0.1) is 23.3 Å². The summed E-state index contributed by atoms with van der Waals surface area (Å²) >= 11 is 5.92. The van der Waals surface area contributed by atoms with Gasteiger partial charge in [0.25, 0.3) is 0 Å². The van der Waals surface area contributed by atoms with Gasteiger partial charge in [-0.25, -0.2) is 4.98 Å². The lowest BCUT2D eigenvalue weighted by Gasteiger charge is -2.07. The number of aromatic nitrogens is 3. The van der Waals surface area contributed by atoms with Crippen LogP contribution < -0.4 is 15.4 Å². The zero-order valence-electron chi connectivity index (χ0n) is 17.8. The summed E-state index contributed by atoms with van der Waals surface area (Å²) in [4.78, 5) is 12.3. The maximum absolute atomic E-state index is 5.92. The average molecular weight is 456 g/mol. The first kappa shape index (κ1) is 20.8. The molecular formula is C26H22ClN5O. The number of nitrogens with zero attached hydrogens (tertiary/aromatic N) is 2. The minimum atomic E-state index is 0.645. The number of hydrogen-bond acceptors (Lipinski definition) is 5. The van der Waals surface area contributed by atoms with Crippen molar-refractivity contribution in [3.8, 4) is 11.5 Å². The Balaban J connectivity index is 1.18. The number of H-pyrrole nitrogens is 1. The van der Waals surface area contributed by atoms with Gasteiger partial charge in [-0.1, -0.05) is 29.8 Å². The Morgan fingerprint density at radius 3 is 2.36 bits per heavy atom. The molecule has 2 aromatic heterocycles. The summed E-state index contributed by atoms with van der Waals surface area (Å²) in [5.41, 5.74) is 4.99. The molecule has 33 heavy (non-hydrogen) atoms. The van der Waals surface area contributed by atoms with Crippen molar-refractivity contribution < 1.29 is 4.74 Å². The van der Waals surface area contributed by atoms with Gasteiger partial charge in [-0.15, -0.1) is 0 Å². The lowest BCUT2D eigenvalue weighted by molar-refractivity contribution is 0.482. The van der Waals surface area contributed by atoms with Gasteiger partial charge in [-0.2, -0.15) is 0 Å². The molecule has 0 aliphatic heterocycles. The standard InChI is InChI=1S/C26H22ClN5O/c27-19-6-11-23(12-7-19)33-22-9-4-18(5-10-22)16-30-26-31-24-13-8-20(15-25(24)32-26)29-17-21-3-1-2-14-28-21/h1-15,29H,16-17H2,(H2,30,31,32). The number of halogens is 1. The van der Waals surface area contributed by atoms with Gasteiger partial charge >= 0.3 is 0 Å². The maximum atomic E-state index is 5.92. The quantitative estimate of drug-likeness (QED) is 0.245. The highest BCUT2D eigenvalue weighted by molar-refractivity contribution is 6.30. The summed E-state index contributed by atoms with van der Waals surface area (Å²) < 4.78 is 5.84. The van der Waals surface area contributed by atoms with Crippen LogP contribution in [0.5, 0.6) is 11.5 Å². The third-order valence-corrected chi connectivity index (χ3v) is 5.37. The molecule has 0 fully saturated rings. The van der Waals surface area contributed by atoms with E-state index in [1.54, 1.807) is 6.20 Å². The first-order chi connectivity index (χ1) is 16.2. The highest BCUT2D eigenvalue weighted by Crippen LogP contribution is 2.24. The van der Waals surface area contributed by atoms with Crippen LogP contribution in [0.25, 0.3) is 11.0 Å². The molecule has 0 spiro atoms. The van der Waals surface area contributed by atoms with E-state index in [9.17, 15) is 0 Å². The van der Waals surface area contributed by atoms with Crippen LogP contribution >= 0.6 is 11.6 Å². The van der Waals surface area contributed by atoms with E-state index in [1.165, 1.54) is 0 Å². The second-order valence-corrected chi connectivity index (χ2v) is 7.98. The lowest BCUT2D eigenvalue weighted by atomic mass is 10.2. The molecule has 3 N–H and O–H groups in total. The Bertz CT molecular complexity index is 1340. The van der Waals surface area contributed by atoms with E-state index in [2.05, 4.69) is 25.6 Å². The normalized spacial score (nSPS) is 10.8. The minimum absolute atomic E-state index is 0.645. The van der Waals surface area contributed by atoms with Crippen molar-refractivity contribution in [2.75, 3.05) is 10.6 Å². The molecule has 5 aromatic rings. The second-order valence-electron chi connectivity index (χ2n) is 7.55. The van der Waals surface area contributed by atoms with E-state index in [1.807, 2.05) is 84.9 Å². The molecule has 0 amide bonds. The number of anilines is 2. The number of hydrogen-bond donors (Lipinski definition) is 3. The van der Waals surface area contributed by atoms with E-state index >= 15 is 0 Å². The molecule has 0 saturated heterocycles. The number of fused-ring (bicyclic) bond motifs is 1. The van der Waals surface area contributed by atoms with Crippen molar-refractivity contribution in [2.24, 2.45) is 0 Å². The van der Waals surface area contributed by atoms with E-state index in [4.69, 9.17) is 16.3 Å². The number of rotatable bonds is 8. The smallest absolute Gasteiger partial charge is 0.201 e. The number of aromatic amines is 1. The number of imidazole rings is 1. The van der Waals surface area contributed by atoms with Crippen LogP contribution in [0.1, 0.15) is 11.3 Å². The molecule has 0 aliphatic rings. The third kappa shape index (κ3) is 5.42. The third-order valence-electron chi connectivity index (χ3n) is 5.12. The lowest BCUT2D eigenvalue weighted by Crippen LogP contribution is -2.01. The summed E-state index contributed by atoms with van der Waals surface area (Å²) in [5.74, 6) is 2.25. The van der Waals surface area contributed by atoms with E-state index < -0.39 is 0 Å². The van der Waals surface area contributed by atoms with Crippen LogP contribution in [-0.2, 0) is 13.1 Å². The van der Waals surface area contributed by atoms with Crippen molar-refractivity contribution >= 4 is 34.3 Å². The highest BCUT2D eigenvalue weighted by Gasteiger charge is 2.05. The molecule has 2 heterocycles. The molecule has 5 rings (SSSR count). The summed E-state index contributed by atoms with van der Waals surface area (Å²) in [6, 6.07) is 27.2. The number of nitrogens with one attached hydrogen (secondary N) is 3. The zero-order valence-corrected chi connectivity index (χ0v) is 18.5. The Morgan fingerprint density at radius 2 is 1.61 bits per heavy atom. The maximum Gasteiger partial charge on any atom is 0.201 e. The highest BCUT2D eigenvalue weighted by atomic mass is 35.5. The largest absolute Gasteiger partial charge is 0.457 e. The summed E-state index contributed by atoms with van der Waals surface area (Å²) in [5, 5.41) is 7.43. The summed E-state index contributed by atoms with van der Waals surface area (Å²) in [6.45, 7) is 1.31. The number of benzene rings is 3. The fourth-order valence-electron chi connectivity index (χ4n) is 3.39. The second kappa shape index (κ2) is 9.63. The van der Waals surface area contributed by atoms with Gasteiger partial charge in [0.1, 0.15) is 11.5 Å². The molecule has 6 nitrogen and oxygen atoms in total. The molecule has 0 bridgehead atoms. The average Bonchev–Trinajstić information content (AvgIpc) is 3.27. The molecule has 7 heteroatoms. The molecule has 164 valence electrons. The molecular weight excluding hydrogens is 434 g/mol. The Kier molecular flexibility index (Phi) is 6.08. The SMILES string of the molecule is Clc1ccc(Oc2ccc(CNc3nc4cc(NCc5ccccn5)ccc4[nH]3)cc2)cc1.